The number of piperidine rings is 1. The topological polar surface area (TPSA) is 20.3 Å². The van der Waals surface area contributed by atoms with Crippen LogP contribution in [-0.4, -0.2) is 22.9 Å². The lowest BCUT2D eigenvalue weighted by atomic mass is 9.90. The van der Waals surface area contributed by atoms with Crippen molar-refractivity contribution in [3.63, 3.8) is 0 Å². The van der Waals surface area contributed by atoms with Crippen molar-refractivity contribution in [2.45, 2.75) is 38.6 Å². The van der Waals surface area contributed by atoms with E-state index in [4.69, 9.17) is 0 Å². The van der Waals surface area contributed by atoms with Gasteiger partial charge in [-0.05, 0) is 33.1 Å². The molecule has 1 unspecified atom stereocenters. The molecule has 0 radical (unpaired) electrons. The second kappa shape index (κ2) is 2.35. The van der Waals surface area contributed by atoms with Gasteiger partial charge in [-0.3, -0.25) is 4.79 Å². The van der Waals surface area contributed by atoms with Gasteiger partial charge in [0.25, 0.3) is 0 Å². The summed E-state index contributed by atoms with van der Waals surface area (Å²) in [6, 6.07) is 0. The molecule has 0 saturated carbocycles. The molecule has 2 heterocycles. The number of amides is 1. The maximum absolute atomic E-state index is 11.6. The summed E-state index contributed by atoms with van der Waals surface area (Å²) in [5, 5.41) is 0. The lowest BCUT2D eigenvalue weighted by Crippen LogP contribution is -2.47. The average Bonchev–Trinajstić information content (AvgIpc) is 2.24. The van der Waals surface area contributed by atoms with Crippen LogP contribution in [0.2, 0.25) is 0 Å². The van der Waals surface area contributed by atoms with Crippen molar-refractivity contribution in [3.05, 3.63) is 11.6 Å². The molecule has 1 atom stereocenters. The Bertz CT molecular complexity index is 257. The van der Waals surface area contributed by atoms with Gasteiger partial charge in [0.1, 0.15) is 0 Å². The monoisotopic (exact) mass is 165 g/mol. The molecule has 2 aliphatic heterocycles. The first-order valence-electron chi connectivity index (χ1n) is 4.65. The smallest absolute Gasteiger partial charge is 0.249 e. The molecule has 2 aliphatic rings. The van der Waals surface area contributed by atoms with Gasteiger partial charge in [-0.2, -0.15) is 0 Å². The first-order valence-corrected chi connectivity index (χ1v) is 4.65. The van der Waals surface area contributed by atoms with Gasteiger partial charge in [-0.15, -0.1) is 0 Å². The second-order valence-corrected chi connectivity index (χ2v) is 4.10. The standard InChI is InChI=1S/C10H15NO/c1-8-7-10(2)5-3-4-6-11(10)9(8)12/h7H,3-6H2,1-2H3. The minimum Gasteiger partial charge on any atom is -0.330 e. The lowest BCUT2D eigenvalue weighted by Gasteiger charge is -2.38. The highest BCUT2D eigenvalue weighted by Crippen LogP contribution is 2.35. The number of rotatable bonds is 0. The molecular formula is C10H15NO. The molecule has 2 heteroatoms. The average molecular weight is 165 g/mol. The molecule has 1 amide bonds. The van der Waals surface area contributed by atoms with Crippen LogP contribution < -0.4 is 0 Å². The fourth-order valence-corrected chi connectivity index (χ4v) is 2.37. The van der Waals surface area contributed by atoms with Crippen molar-refractivity contribution >= 4 is 5.91 Å². The summed E-state index contributed by atoms with van der Waals surface area (Å²) in [5.74, 6) is 0.247. The Kier molecular flexibility index (Phi) is 1.53. The molecule has 0 aromatic heterocycles. The minimum absolute atomic E-state index is 0.0550. The van der Waals surface area contributed by atoms with E-state index < -0.39 is 0 Å². The Hall–Kier alpha value is -0.790. The number of carbonyl (C=O) groups excluding carboxylic acids is 1. The maximum atomic E-state index is 11.6. The van der Waals surface area contributed by atoms with Gasteiger partial charge in [0, 0.05) is 12.1 Å². The summed E-state index contributed by atoms with van der Waals surface area (Å²) in [6.45, 7) is 5.04. The largest absolute Gasteiger partial charge is 0.330 e. The van der Waals surface area contributed by atoms with Crippen LogP contribution in [0.15, 0.2) is 11.6 Å². The van der Waals surface area contributed by atoms with Crippen LogP contribution in [0.25, 0.3) is 0 Å². The van der Waals surface area contributed by atoms with Crippen LogP contribution in [0.4, 0.5) is 0 Å². The van der Waals surface area contributed by atoms with Crippen molar-refractivity contribution in [2.75, 3.05) is 6.54 Å². The summed E-state index contributed by atoms with van der Waals surface area (Å²) < 4.78 is 0. The van der Waals surface area contributed by atoms with E-state index in [1.165, 1.54) is 12.8 Å². The normalized spacial score (nSPS) is 35.0. The van der Waals surface area contributed by atoms with Crippen molar-refractivity contribution in [3.8, 4) is 0 Å². The third-order valence-electron chi connectivity index (χ3n) is 3.04. The predicted octanol–water partition coefficient (Wildman–Crippen LogP) is 1.72. The van der Waals surface area contributed by atoms with E-state index in [9.17, 15) is 4.79 Å². The summed E-state index contributed by atoms with van der Waals surface area (Å²) in [4.78, 5) is 13.6. The van der Waals surface area contributed by atoms with Crippen LogP contribution in [0.5, 0.6) is 0 Å². The first kappa shape index (κ1) is 7.84. The molecule has 1 saturated heterocycles. The molecule has 0 spiro atoms. The minimum atomic E-state index is 0.0550. The van der Waals surface area contributed by atoms with Crippen molar-refractivity contribution in [2.24, 2.45) is 0 Å². The van der Waals surface area contributed by atoms with E-state index >= 15 is 0 Å². The first-order chi connectivity index (χ1) is 5.63. The van der Waals surface area contributed by atoms with Crippen LogP contribution >= 0.6 is 0 Å². The number of fused-ring (bicyclic) bond motifs is 1. The van der Waals surface area contributed by atoms with E-state index in [1.807, 2.05) is 11.8 Å². The van der Waals surface area contributed by atoms with Gasteiger partial charge in [0.15, 0.2) is 0 Å². The number of nitrogens with zero attached hydrogens (tertiary/aromatic N) is 1. The lowest BCUT2D eigenvalue weighted by molar-refractivity contribution is -0.130. The van der Waals surface area contributed by atoms with Crippen molar-refractivity contribution in [1.82, 2.24) is 4.90 Å². The zero-order valence-electron chi connectivity index (χ0n) is 7.76. The van der Waals surface area contributed by atoms with Crippen LogP contribution in [0, 0.1) is 0 Å². The summed E-state index contributed by atoms with van der Waals surface area (Å²) >= 11 is 0. The molecule has 2 rings (SSSR count). The summed E-state index contributed by atoms with van der Waals surface area (Å²) in [6.07, 6.45) is 5.69. The fourth-order valence-electron chi connectivity index (χ4n) is 2.37. The molecule has 0 aromatic carbocycles. The van der Waals surface area contributed by atoms with Crippen molar-refractivity contribution < 1.29 is 4.79 Å². The second-order valence-electron chi connectivity index (χ2n) is 4.10. The summed E-state index contributed by atoms with van der Waals surface area (Å²) in [7, 11) is 0. The van der Waals surface area contributed by atoms with E-state index in [-0.39, 0.29) is 11.4 Å². The maximum Gasteiger partial charge on any atom is 0.249 e. The Labute approximate surface area is 73.2 Å². The Morgan fingerprint density at radius 1 is 1.50 bits per heavy atom. The highest BCUT2D eigenvalue weighted by atomic mass is 16.2. The summed E-state index contributed by atoms with van der Waals surface area (Å²) in [5.41, 5.74) is 0.985. The Morgan fingerprint density at radius 2 is 2.25 bits per heavy atom. The van der Waals surface area contributed by atoms with E-state index in [0.717, 1.165) is 18.5 Å². The molecule has 66 valence electrons. The molecule has 0 aromatic rings. The highest BCUT2D eigenvalue weighted by molar-refractivity contribution is 5.96. The molecule has 1 fully saturated rings. The van der Waals surface area contributed by atoms with Crippen molar-refractivity contribution in [1.29, 1.82) is 0 Å². The van der Waals surface area contributed by atoms with Gasteiger partial charge < -0.3 is 4.90 Å². The molecule has 0 N–H and O–H groups in total. The molecule has 2 nitrogen and oxygen atoms in total. The van der Waals surface area contributed by atoms with Crippen LogP contribution in [-0.2, 0) is 4.79 Å². The van der Waals surface area contributed by atoms with Crippen LogP contribution in [0.1, 0.15) is 33.1 Å². The fraction of sp³-hybridized carbons (Fsp3) is 0.700. The van der Waals surface area contributed by atoms with Crippen LogP contribution in [0.3, 0.4) is 0 Å². The predicted molar refractivity (Wildman–Crippen MR) is 47.7 cm³/mol. The van der Waals surface area contributed by atoms with E-state index in [1.54, 1.807) is 0 Å². The Morgan fingerprint density at radius 3 is 2.92 bits per heavy atom. The van der Waals surface area contributed by atoms with E-state index in [0.29, 0.717) is 0 Å². The third kappa shape index (κ3) is 0.904. The third-order valence-corrected chi connectivity index (χ3v) is 3.04. The number of hydrogen-bond acceptors (Lipinski definition) is 1. The molecule has 0 aliphatic carbocycles. The quantitative estimate of drug-likeness (QED) is 0.535. The zero-order valence-corrected chi connectivity index (χ0v) is 7.76. The number of carbonyl (C=O) groups is 1. The molecule has 12 heavy (non-hydrogen) atoms. The molecule has 0 bridgehead atoms. The van der Waals surface area contributed by atoms with Gasteiger partial charge in [0.05, 0.1) is 5.54 Å². The van der Waals surface area contributed by atoms with Gasteiger partial charge >= 0.3 is 0 Å². The van der Waals surface area contributed by atoms with Gasteiger partial charge in [-0.25, -0.2) is 0 Å². The molecular weight excluding hydrogens is 150 g/mol. The Balaban J connectivity index is 2.33. The highest BCUT2D eigenvalue weighted by Gasteiger charge is 2.41. The number of hydrogen-bond donors (Lipinski definition) is 0. The SMILES string of the molecule is CC1=CC2(C)CCCCN2C1=O. The van der Waals surface area contributed by atoms with E-state index in [2.05, 4.69) is 13.0 Å². The van der Waals surface area contributed by atoms with Gasteiger partial charge in [-0.1, -0.05) is 6.08 Å². The zero-order chi connectivity index (χ0) is 8.77. The van der Waals surface area contributed by atoms with Gasteiger partial charge in [0.2, 0.25) is 5.91 Å².